The monoisotopic (exact) mass is 319 g/mol. The van der Waals surface area contributed by atoms with Crippen molar-refractivity contribution in [1.29, 1.82) is 0 Å². The fourth-order valence-electron chi connectivity index (χ4n) is 4.85. The first kappa shape index (κ1) is 14.5. The Morgan fingerprint density at radius 3 is 3.09 bits per heavy atom. The Bertz CT molecular complexity index is 536. The first-order valence-electron chi connectivity index (χ1n) is 8.50. The number of nitrogens with two attached hydrogens (primary N) is 1. The van der Waals surface area contributed by atoms with Crippen molar-refractivity contribution in [3.8, 4) is 0 Å². The summed E-state index contributed by atoms with van der Waals surface area (Å²) in [6.07, 6.45) is 7.87. The topological polar surface area (TPSA) is 59.6 Å². The number of nitrogens with zero attached hydrogens (tertiary/aromatic N) is 1. The van der Waals surface area contributed by atoms with E-state index in [0.717, 1.165) is 19.6 Å². The maximum atomic E-state index is 6.16. The normalized spacial score (nSPS) is 32.9. The standard InChI is InChI=1S/C17H25N3OS/c18-16(19-9-5-12-4-3-11-22-12)20-14-13-6-10-21-15(13)17(14)7-1-2-8-17/h3-4,11,13-15H,1-2,5-10H2,(H3,18,19,20). The largest absolute Gasteiger partial charge is 0.377 e. The predicted molar refractivity (Wildman–Crippen MR) is 90.2 cm³/mol. The van der Waals surface area contributed by atoms with Crippen LogP contribution in [0.2, 0.25) is 0 Å². The molecule has 1 saturated heterocycles. The molecule has 1 aromatic rings. The Kier molecular flexibility index (Phi) is 3.86. The molecule has 2 heterocycles. The summed E-state index contributed by atoms with van der Waals surface area (Å²) in [6, 6.07) is 4.72. The lowest BCUT2D eigenvalue weighted by Crippen LogP contribution is -2.69. The molecular formula is C17H25N3OS. The zero-order valence-electron chi connectivity index (χ0n) is 13.0. The van der Waals surface area contributed by atoms with E-state index >= 15 is 0 Å². The van der Waals surface area contributed by atoms with Crippen LogP contribution in [0.3, 0.4) is 0 Å². The highest BCUT2D eigenvalue weighted by atomic mass is 32.1. The Morgan fingerprint density at radius 2 is 2.32 bits per heavy atom. The number of thiophene rings is 1. The van der Waals surface area contributed by atoms with Crippen molar-refractivity contribution in [1.82, 2.24) is 5.32 Å². The van der Waals surface area contributed by atoms with E-state index in [4.69, 9.17) is 10.5 Å². The summed E-state index contributed by atoms with van der Waals surface area (Å²) in [5, 5.41) is 5.66. The maximum Gasteiger partial charge on any atom is 0.188 e. The quantitative estimate of drug-likeness (QED) is 0.662. The number of aliphatic imine (C=N–C) groups is 1. The molecule has 22 heavy (non-hydrogen) atoms. The second-order valence-electron chi connectivity index (χ2n) is 6.90. The summed E-state index contributed by atoms with van der Waals surface area (Å²) < 4.78 is 6.01. The number of hydrogen-bond acceptors (Lipinski definition) is 3. The summed E-state index contributed by atoms with van der Waals surface area (Å²) in [6.45, 7) is 1.69. The van der Waals surface area contributed by atoms with Gasteiger partial charge in [0.25, 0.3) is 0 Å². The molecule has 3 fully saturated rings. The van der Waals surface area contributed by atoms with Crippen molar-refractivity contribution in [3.05, 3.63) is 22.4 Å². The number of hydrogen-bond donors (Lipinski definition) is 2. The zero-order valence-corrected chi connectivity index (χ0v) is 13.8. The van der Waals surface area contributed by atoms with Gasteiger partial charge in [0.1, 0.15) is 0 Å². The molecule has 0 radical (unpaired) electrons. The van der Waals surface area contributed by atoms with E-state index in [0.29, 0.717) is 29.4 Å². The lowest BCUT2D eigenvalue weighted by Gasteiger charge is -2.57. The van der Waals surface area contributed by atoms with Crippen LogP contribution in [0, 0.1) is 11.3 Å². The van der Waals surface area contributed by atoms with Crippen molar-refractivity contribution < 1.29 is 4.74 Å². The van der Waals surface area contributed by atoms with Gasteiger partial charge in [0, 0.05) is 41.8 Å². The molecule has 0 aromatic carbocycles. The Balaban J connectivity index is 1.37. The van der Waals surface area contributed by atoms with Gasteiger partial charge in [-0.1, -0.05) is 18.9 Å². The van der Waals surface area contributed by atoms with E-state index in [9.17, 15) is 0 Å². The summed E-state index contributed by atoms with van der Waals surface area (Å²) in [7, 11) is 0. The number of ether oxygens (including phenoxy) is 1. The fourth-order valence-corrected chi connectivity index (χ4v) is 5.55. The van der Waals surface area contributed by atoms with E-state index in [2.05, 4.69) is 27.8 Å². The highest BCUT2D eigenvalue weighted by molar-refractivity contribution is 7.09. The minimum absolute atomic E-state index is 0.342. The SMILES string of the molecule is NC(=NCCc1cccs1)NC1C2CCOC2C12CCCC2. The second-order valence-corrected chi connectivity index (χ2v) is 7.93. The Labute approximate surface area is 136 Å². The molecule has 3 aliphatic rings. The van der Waals surface area contributed by atoms with Crippen LogP contribution in [0.1, 0.15) is 37.0 Å². The smallest absolute Gasteiger partial charge is 0.188 e. The molecule has 4 rings (SSSR count). The first-order valence-corrected chi connectivity index (χ1v) is 9.38. The highest BCUT2D eigenvalue weighted by Gasteiger charge is 2.64. The van der Waals surface area contributed by atoms with Gasteiger partial charge in [-0.15, -0.1) is 11.3 Å². The molecular weight excluding hydrogens is 294 g/mol. The van der Waals surface area contributed by atoms with Crippen LogP contribution in [-0.2, 0) is 11.2 Å². The van der Waals surface area contributed by atoms with Crippen LogP contribution < -0.4 is 11.1 Å². The number of rotatable bonds is 4. The van der Waals surface area contributed by atoms with Gasteiger partial charge in [-0.2, -0.15) is 0 Å². The summed E-state index contributed by atoms with van der Waals surface area (Å²) in [4.78, 5) is 5.91. The first-order chi connectivity index (χ1) is 10.8. The number of nitrogens with one attached hydrogen (secondary N) is 1. The van der Waals surface area contributed by atoms with Crippen molar-refractivity contribution >= 4 is 17.3 Å². The van der Waals surface area contributed by atoms with Gasteiger partial charge in [0.05, 0.1) is 6.10 Å². The minimum atomic E-state index is 0.342. The third-order valence-electron chi connectivity index (χ3n) is 5.81. The van der Waals surface area contributed by atoms with E-state index in [1.165, 1.54) is 37.0 Å². The van der Waals surface area contributed by atoms with Gasteiger partial charge in [-0.25, -0.2) is 0 Å². The van der Waals surface area contributed by atoms with Crippen LogP contribution in [0.5, 0.6) is 0 Å². The summed E-state index contributed by atoms with van der Waals surface area (Å²) in [5.41, 5.74) is 6.50. The third-order valence-corrected chi connectivity index (χ3v) is 6.75. The lowest BCUT2D eigenvalue weighted by molar-refractivity contribution is -0.124. The van der Waals surface area contributed by atoms with E-state index < -0.39 is 0 Å². The van der Waals surface area contributed by atoms with Crippen molar-refractivity contribution in [2.75, 3.05) is 13.2 Å². The molecule has 2 aliphatic carbocycles. The zero-order chi connectivity index (χ0) is 15.0. The molecule has 0 bridgehead atoms. The molecule has 3 atom stereocenters. The minimum Gasteiger partial charge on any atom is -0.377 e. The van der Waals surface area contributed by atoms with Crippen LogP contribution in [0.15, 0.2) is 22.5 Å². The molecule has 1 aromatic heterocycles. The van der Waals surface area contributed by atoms with E-state index in [1.807, 2.05) is 0 Å². The maximum absolute atomic E-state index is 6.16. The van der Waals surface area contributed by atoms with Gasteiger partial charge in [-0.3, -0.25) is 4.99 Å². The molecule has 1 aliphatic heterocycles. The van der Waals surface area contributed by atoms with Gasteiger partial charge >= 0.3 is 0 Å². The summed E-state index contributed by atoms with van der Waals surface area (Å²) >= 11 is 1.78. The molecule has 3 unspecified atom stereocenters. The fraction of sp³-hybridized carbons (Fsp3) is 0.706. The third kappa shape index (κ3) is 2.35. The van der Waals surface area contributed by atoms with Crippen molar-refractivity contribution in [3.63, 3.8) is 0 Å². The van der Waals surface area contributed by atoms with Gasteiger partial charge < -0.3 is 15.8 Å². The van der Waals surface area contributed by atoms with Crippen LogP contribution >= 0.6 is 11.3 Å². The highest BCUT2D eigenvalue weighted by Crippen LogP contribution is 2.60. The van der Waals surface area contributed by atoms with Crippen LogP contribution in [-0.4, -0.2) is 31.3 Å². The Hall–Kier alpha value is -1.07. The van der Waals surface area contributed by atoms with Crippen molar-refractivity contribution in [2.24, 2.45) is 22.1 Å². The van der Waals surface area contributed by atoms with E-state index in [-0.39, 0.29) is 0 Å². The predicted octanol–water partition coefficient (Wildman–Crippen LogP) is 2.54. The molecule has 5 heteroatoms. The van der Waals surface area contributed by atoms with Crippen molar-refractivity contribution in [2.45, 2.75) is 50.7 Å². The Morgan fingerprint density at radius 1 is 1.45 bits per heavy atom. The van der Waals surface area contributed by atoms with Crippen LogP contribution in [0.25, 0.3) is 0 Å². The average molecular weight is 319 g/mol. The number of fused-ring (bicyclic) bond motifs is 2. The molecule has 120 valence electrons. The molecule has 0 amide bonds. The van der Waals surface area contributed by atoms with E-state index in [1.54, 1.807) is 11.3 Å². The van der Waals surface area contributed by atoms with Gasteiger partial charge in [0.15, 0.2) is 5.96 Å². The van der Waals surface area contributed by atoms with Crippen LogP contribution in [0.4, 0.5) is 0 Å². The molecule has 3 N–H and O–H groups in total. The molecule has 2 saturated carbocycles. The summed E-state index contributed by atoms with van der Waals surface area (Å²) in [5.74, 6) is 1.27. The molecule has 4 nitrogen and oxygen atoms in total. The van der Waals surface area contributed by atoms with Gasteiger partial charge in [0.2, 0.25) is 0 Å². The second kappa shape index (κ2) is 5.85. The molecule has 1 spiro atoms. The van der Waals surface area contributed by atoms with Gasteiger partial charge in [-0.05, 0) is 30.7 Å². The number of guanidine groups is 1. The average Bonchev–Trinajstić information content (AvgIpc) is 3.24. The lowest BCUT2D eigenvalue weighted by atomic mass is 9.54.